The molecule has 2 aliphatic heterocycles. The van der Waals surface area contributed by atoms with E-state index in [1.165, 1.54) is 0 Å². The average Bonchev–Trinajstić information content (AvgIpc) is 2.65. The summed E-state index contributed by atoms with van der Waals surface area (Å²) in [7, 11) is 0. The van der Waals surface area contributed by atoms with Crippen molar-refractivity contribution in [1.82, 2.24) is 10.2 Å². The molecule has 5 heteroatoms. The number of likely N-dealkylation sites (tertiary alicyclic amines) is 1. The molecule has 16 heavy (non-hydrogen) atoms. The van der Waals surface area contributed by atoms with Crippen LogP contribution in [0.2, 0.25) is 0 Å². The van der Waals surface area contributed by atoms with Gasteiger partial charge in [-0.05, 0) is 31.8 Å². The second kappa shape index (κ2) is 4.82. The molecule has 2 rings (SSSR count). The topological polar surface area (TPSA) is 75.4 Å². The lowest BCUT2D eigenvalue weighted by Crippen LogP contribution is -2.40. The highest BCUT2D eigenvalue weighted by Crippen LogP contribution is 2.19. The SMILES string of the molecule is NC(=O)C1CCN(CC2CNC(=O)C2)CC1. The Bertz CT molecular complexity index is 285. The fraction of sp³-hybridized carbons (Fsp3) is 0.818. The monoisotopic (exact) mass is 225 g/mol. The molecule has 1 atom stereocenters. The maximum atomic E-state index is 11.0. The lowest BCUT2D eigenvalue weighted by Gasteiger charge is -2.31. The van der Waals surface area contributed by atoms with Crippen LogP contribution in [0.25, 0.3) is 0 Å². The first kappa shape index (κ1) is 11.4. The number of hydrogen-bond acceptors (Lipinski definition) is 3. The first-order valence-electron chi connectivity index (χ1n) is 5.93. The molecular weight excluding hydrogens is 206 g/mol. The Morgan fingerprint density at radius 2 is 2.12 bits per heavy atom. The molecule has 0 saturated carbocycles. The fourth-order valence-corrected chi connectivity index (χ4v) is 2.56. The van der Waals surface area contributed by atoms with Crippen molar-refractivity contribution in [1.29, 1.82) is 0 Å². The van der Waals surface area contributed by atoms with Gasteiger partial charge in [-0.3, -0.25) is 9.59 Å². The second-order valence-electron chi connectivity index (χ2n) is 4.85. The van der Waals surface area contributed by atoms with Crippen LogP contribution in [-0.2, 0) is 9.59 Å². The first-order chi connectivity index (χ1) is 7.65. The zero-order valence-corrected chi connectivity index (χ0v) is 9.45. The summed E-state index contributed by atoms with van der Waals surface area (Å²) in [6, 6.07) is 0. The summed E-state index contributed by atoms with van der Waals surface area (Å²) in [5.74, 6) is 0.492. The number of nitrogens with one attached hydrogen (secondary N) is 1. The molecule has 0 aliphatic carbocycles. The Balaban J connectivity index is 1.73. The summed E-state index contributed by atoms with van der Waals surface area (Å²) in [5.41, 5.74) is 5.28. The standard InChI is InChI=1S/C11H19N3O2/c12-11(16)9-1-3-14(4-2-9)7-8-5-10(15)13-6-8/h8-9H,1-7H2,(H2,12,16)(H,13,15). The first-order valence-corrected chi connectivity index (χ1v) is 5.93. The van der Waals surface area contributed by atoms with Crippen molar-refractivity contribution in [3.63, 3.8) is 0 Å². The van der Waals surface area contributed by atoms with E-state index in [4.69, 9.17) is 5.73 Å². The lowest BCUT2D eigenvalue weighted by atomic mass is 9.95. The van der Waals surface area contributed by atoms with Gasteiger partial charge in [-0.1, -0.05) is 0 Å². The third-order valence-corrected chi connectivity index (χ3v) is 3.57. The van der Waals surface area contributed by atoms with E-state index in [2.05, 4.69) is 10.2 Å². The highest BCUT2D eigenvalue weighted by atomic mass is 16.2. The Morgan fingerprint density at radius 3 is 2.62 bits per heavy atom. The van der Waals surface area contributed by atoms with Gasteiger partial charge in [0.15, 0.2) is 0 Å². The van der Waals surface area contributed by atoms with Crippen LogP contribution < -0.4 is 11.1 Å². The molecule has 3 N–H and O–H groups in total. The van der Waals surface area contributed by atoms with Gasteiger partial charge in [0, 0.05) is 25.4 Å². The molecule has 90 valence electrons. The summed E-state index contributed by atoms with van der Waals surface area (Å²) in [5, 5.41) is 2.85. The predicted molar refractivity (Wildman–Crippen MR) is 59.5 cm³/mol. The van der Waals surface area contributed by atoms with Gasteiger partial charge in [0.05, 0.1) is 0 Å². The quantitative estimate of drug-likeness (QED) is 0.668. The van der Waals surface area contributed by atoms with Gasteiger partial charge in [0.25, 0.3) is 0 Å². The van der Waals surface area contributed by atoms with E-state index in [0.717, 1.165) is 39.0 Å². The van der Waals surface area contributed by atoms with Crippen LogP contribution >= 0.6 is 0 Å². The number of carbonyl (C=O) groups is 2. The Kier molecular flexibility index (Phi) is 3.43. The number of carbonyl (C=O) groups excluding carboxylic acids is 2. The van der Waals surface area contributed by atoms with Gasteiger partial charge >= 0.3 is 0 Å². The molecule has 2 saturated heterocycles. The third-order valence-electron chi connectivity index (χ3n) is 3.57. The fourth-order valence-electron chi connectivity index (χ4n) is 2.56. The number of primary amides is 1. The van der Waals surface area contributed by atoms with Crippen molar-refractivity contribution < 1.29 is 9.59 Å². The second-order valence-corrected chi connectivity index (χ2v) is 4.85. The molecule has 0 bridgehead atoms. The van der Waals surface area contributed by atoms with Crippen LogP contribution in [0.1, 0.15) is 19.3 Å². The molecule has 2 heterocycles. The number of hydrogen-bond donors (Lipinski definition) is 2. The average molecular weight is 225 g/mol. The van der Waals surface area contributed by atoms with Crippen molar-refractivity contribution in [3.05, 3.63) is 0 Å². The van der Waals surface area contributed by atoms with E-state index < -0.39 is 0 Å². The highest BCUT2D eigenvalue weighted by molar-refractivity contribution is 5.78. The van der Waals surface area contributed by atoms with Gasteiger partial charge in [-0.2, -0.15) is 0 Å². The van der Waals surface area contributed by atoms with E-state index in [1.807, 2.05) is 0 Å². The largest absolute Gasteiger partial charge is 0.369 e. The Labute approximate surface area is 95.3 Å². The number of piperidine rings is 1. The van der Waals surface area contributed by atoms with Crippen molar-refractivity contribution in [2.24, 2.45) is 17.6 Å². The van der Waals surface area contributed by atoms with Gasteiger partial charge in [0.1, 0.15) is 0 Å². The minimum atomic E-state index is -0.169. The molecule has 0 aromatic heterocycles. The molecule has 5 nitrogen and oxygen atoms in total. The highest BCUT2D eigenvalue weighted by Gasteiger charge is 2.27. The summed E-state index contributed by atoms with van der Waals surface area (Å²) >= 11 is 0. The molecule has 0 aromatic carbocycles. The summed E-state index contributed by atoms with van der Waals surface area (Å²) in [4.78, 5) is 24.4. The zero-order chi connectivity index (χ0) is 11.5. The number of nitrogens with two attached hydrogens (primary N) is 1. The van der Waals surface area contributed by atoms with Crippen LogP contribution in [-0.4, -0.2) is 42.9 Å². The summed E-state index contributed by atoms with van der Waals surface area (Å²) < 4.78 is 0. The molecular formula is C11H19N3O2. The Morgan fingerprint density at radius 1 is 1.44 bits per heavy atom. The minimum Gasteiger partial charge on any atom is -0.369 e. The van der Waals surface area contributed by atoms with E-state index in [-0.39, 0.29) is 17.7 Å². The minimum absolute atomic E-state index is 0.0552. The number of rotatable bonds is 3. The van der Waals surface area contributed by atoms with E-state index in [0.29, 0.717) is 12.3 Å². The normalized spacial score (nSPS) is 28.0. The van der Waals surface area contributed by atoms with E-state index >= 15 is 0 Å². The van der Waals surface area contributed by atoms with Crippen LogP contribution in [0.3, 0.4) is 0 Å². The van der Waals surface area contributed by atoms with Gasteiger partial charge in [-0.15, -0.1) is 0 Å². The summed E-state index contributed by atoms with van der Waals surface area (Å²) in [6.07, 6.45) is 2.38. The van der Waals surface area contributed by atoms with Gasteiger partial charge < -0.3 is 16.0 Å². The van der Waals surface area contributed by atoms with Crippen molar-refractivity contribution in [2.45, 2.75) is 19.3 Å². The van der Waals surface area contributed by atoms with Crippen molar-refractivity contribution in [3.8, 4) is 0 Å². The molecule has 0 radical (unpaired) electrons. The van der Waals surface area contributed by atoms with Crippen LogP contribution in [0.4, 0.5) is 0 Å². The third kappa shape index (κ3) is 2.72. The van der Waals surface area contributed by atoms with Crippen LogP contribution in [0.5, 0.6) is 0 Å². The molecule has 2 fully saturated rings. The van der Waals surface area contributed by atoms with Crippen LogP contribution in [0.15, 0.2) is 0 Å². The number of amides is 2. The van der Waals surface area contributed by atoms with Gasteiger partial charge in [-0.25, -0.2) is 0 Å². The summed E-state index contributed by atoms with van der Waals surface area (Å²) in [6.45, 7) is 3.62. The van der Waals surface area contributed by atoms with E-state index in [9.17, 15) is 9.59 Å². The maximum Gasteiger partial charge on any atom is 0.220 e. The number of nitrogens with zero attached hydrogens (tertiary/aromatic N) is 1. The smallest absolute Gasteiger partial charge is 0.220 e. The molecule has 0 aromatic rings. The van der Waals surface area contributed by atoms with Crippen molar-refractivity contribution in [2.75, 3.05) is 26.2 Å². The van der Waals surface area contributed by atoms with Crippen molar-refractivity contribution >= 4 is 11.8 Å². The molecule has 1 unspecified atom stereocenters. The predicted octanol–water partition coefficient (Wildman–Crippen LogP) is -0.680. The molecule has 2 amide bonds. The van der Waals surface area contributed by atoms with E-state index in [1.54, 1.807) is 0 Å². The molecule has 2 aliphatic rings. The van der Waals surface area contributed by atoms with Gasteiger partial charge in [0.2, 0.25) is 11.8 Å². The van der Waals surface area contributed by atoms with Crippen LogP contribution in [0, 0.1) is 11.8 Å². The zero-order valence-electron chi connectivity index (χ0n) is 9.45. The lowest BCUT2D eigenvalue weighted by molar-refractivity contribution is -0.123. The molecule has 0 spiro atoms. The Hall–Kier alpha value is -1.10. The maximum absolute atomic E-state index is 11.0.